The Morgan fingerprint density at radius 2 is 1.82 bits per heavy atom. The standard InChI is InChI=1S/C14H22O3/c1-9(2)8-12(14(16)17)13(10(3)15)11-6-4-5-7-11/h11-13H,1,4-8H2,2-3H3,(H,16,17). The summed E-state index contributed by atoms with van der Waals surface area (Å²) in [6.45, 7) is 7.12. The molecule has 1 rings (SSSR count). The molecule has 1 aliphatic carbocycles. The number of carboxylic acid groups (broad SMARTS) is 1. The van der Waals surface area contributed by atoms with Crippen molar-refractivity contribution < 1.29 is 14.7 Å². The molecule has 0 heterocycles. The first-order valence-corrected chi connectivity index (χ1v) is 6.31. The lowest BCUT2D eigenvalue weighted by Gasteiger charge is -2.27. The van der Waals surface area contributed by atoms with Gasteiger partial charge in [0.2, 0.25) is 0 Å². The predicted molar refractivity (Wildman–Crippen MR) is 66.7 cm³/mol. The Balaban J connectivity index is 2.87. The van der Waals surface area contributed by atoms with Crippen molar-refractivity contribution in [2.45, 2.75) is 46.0 Å². The summed E-state index contributed by atoms with van der Waals surface area (Å²) in [7, 11) is 0. The van der Waals surface area contributed by atoms with Crippen LogP contribution < -0.4 is 0 Å². The lowest BCUT2D eigenvalue weighted by Crippen LogP contribution is -2.33. The van der Waals surface area contributed by atoms with Crippen molar-refractivity contribution in [1.29, 1.82) is 0 Å². The summed E-state index contributed by atoms with van der Waals surface area (Å²) >= 11 is 0. The van der Waals surface area contributed by atoms with Crippen molar-refractivity contribution in [3.63, 3.8) is 0 Å². The van der Waals surface area contributed by atoms with Gasteiger partial charge in [0.15, 0.2) is 0 Å². The van der Waals surface area contributed by atoms with Crippen LogP contribution in [0.3, 0.4) is 0 Å². The molecular weight excluding hydrogens is 216 g/mol. The lowest BCUT2D eigenvalue weighted by atomic mass is 9.75. The fraction of sp³-hybridized carbons (Fsp3) is 0.714. The fourth-order valence-electron chi connectivity index (χ4n) is 3.00. The van der Waals surface area contributed by atoms with Crippen LogP contribution in [-0.4, -0.2) is 16.9 Å². The van der Waals surface area contributed by atoms with Gasteiger partial charge in [-0.3, -0.25) is 9.59 Å². The van der Waals surface area contributed by atoms with E-state index in [9.17, 15) is 14.7 Å². The average Bonchev–Trinajstić information content (AvgIpc) is 2.68. The van der Waals surface area contributed by atoms with Gasteiger partial charge in [-0.25, -0.2) is 0 Å². The van der Waals surface area contributed by atoms with E-state index in [4.69, 9.17) is 0 Å². The van der Waals surface area contributed by atoms with Crippen molar-refractivity contribution >= 4 is 11.8 Å². The summed E-state index contributed by atoms with van der Waals surface area (Å²) in [5.74, 6) is -1.50. The third kappa shape index (κ3) is 3.69. The highest BCUT2D eigenvalue weighted by molar-refractivity contribution is 5.85. The zero-order chi connectivity index (χ0) is 13.0. The first kappa shape index (κ1) is 13.9. The molecule has 0 saturated heterocycles. The molecule has 1 saturated carbocycles. The molecule has 0 radical (unpaired) electrons. The summed E-state index contributed by atoms with van der Waals surface area (Å²) in [4.78, 5) is 23.1. The fourth-order valence-corrected chi connectivity index (χ4v) is 3.00. The Bertz CT molecular complexity index is 313. The number of carboxylic acids is 1. The van der Waals surface area contributed by atoms with E-state index in [1.165, 1.54) is 6.92 Å². The van der Waals surface area contributed by atoms with Crippen LogP contribution in [0.25, 0.3) is 0 Å². The topological polar surface area (TPSA) is 54.4 Å². The maximum Gasteiger partial charge on any atom is 0.307 e. The largest absolute Gasteiger partial charge is 0.481 e. The summed E-state index contributed by atoms with van der Waals surface area (Å²) in [6.07, 6.45) is 4.63. The minimum absolute atomic E-state index is 0.0190. The van der Waals surface area contributed by atoms with Gasteiger partial charge in [-0.1, -0.05) is 18.4 Å². The highest BCUT2D eigenvalue weighted by Gasteiger charge is 2.38. The summed E-state index contributed by atoms with van der Waals surface area (Å²) in [6, 6.07) is 0. The van der Waals surface area contributed by atoms with Crippen molar-refractivity contribution in [3.05, 3.63) is 12.2 Å². The van der Waals surface area contributed by atoms with Gasteiger partial charge in [0.05, 0.1) is 5.92 Å². The van der Waals surface area contributed by atoms with Crippen LogP contribution in [0.1, 0.15) is 46.0 Å². The number of hydrogen-bond acceptors (Lipinski definition) is 2. The Morgan fingerprint density at radius 1 is 1.29 bits per heavy atom. The summed E-state index contributed by atoms with van der Waals surface area (Å²) in [5.41, 5.74) is 0.835. The average molecular weight is 238 g/mol. The molecule has 0 aliphatic heterocycles. The molecule has 0 aromatic carbocycles. The lowest BCUT2D eigenvalue weighted by molar-refractivity contribution is -0.147. The van der Waals surface area contributed by atoms with Gasteiger partial charge in [0.25, 0.3) is 0 Å². The van der Waals surface area contributed by atoms with Gasteiger partial charge in [0, 0.05) is 5.92 Å². The Labute approximate surface area is 103 Å². The summed E-state index contributed by atoms with van der Waals surface area (Å²) < 4.78 is 0. The van der Waals surface area contributed by atoms with Gasteiger partial charge in [-0.05, 0) is 39.0 Å². The van der Waals surface area contributed by atoms with E-state index in [0.717, 1.165) is 31.3 Å². The number of allylic oxidation sites excluding steroid dienone is 1. The first-order chi connectivity index (χ1) is 7.93. The second kappa shape index (κ2) is 5.99. The van der Waals surface area contributed by atoms with E-state index in [-0.39, 0.29) is 17.6 Å². The maximum atomic E-state index is 11.8. The number of carbonyl (C=O) groups is 2. The zero-order valence-electron chi connectivity index (χ0n) is 10.7. The molecule has 0 aromatic rings. The Kier molecular flexibility index (Phi) is 4.91. The number of ketones is 1. The Morgan fingerprint density at radius 3 is 2.18 bits per heavy atom. The normalized spacial score (nSPS) is 19.9. The van der Waals surface area contributed by atoms with Gasteiger partial charge < -0.3 is 5.11 Å². The minimum Gasteiger partial charge on any atom is -0.481 e. The van der Waals surface area contributed by atoms with E-state index in [1.807, 2.05) is 6.92 Å². The molecule has 3 heteroatoms. The van der Waals surface area contributed by atoms with E-state index in [0.29, 0.717) is 6.42 Å². The van der Waals surface area contributed by atoms with Crippen LogP contribution in [0.15, 0.2) is 12.2 Å². The van der Waals surface area contributed by atoms with Gasteiger partial charge >= 0.3 is 5.97 Å². The number of Topliss-reactive ketones (excluding diaryl/α,β-unsaturated/α-hetero) is 1. The molecule has 0 aromatic heterocycles. The maximum absolute atomic E-state index is 11.8. The molecule has 3 nitrogen and oxygen atoms in total. The second-order valence-corrected chi connectivity index (χ2v) is 5.29. The van der Waals surface area contributed by atoms with Crippen LogP contribution in [0, 0.1) is 17.8 Å². The molecule has 0 spiro atoms. The van der Waals surface area contributed by atoms with Crippen LogP contribution in [0.5, 0.6) is 0 Å². The molecule has 17 heavy (non-hydrogen) atoms. The number of rotatable bonds is 6. The second-order valence-electron chi connectivity index (χ2n) is 5.29. The van der Waals surface area contributed by atoms with Crippen molar-refractivity contribution in [2.24, 2.45) is 17.8 Å². The molecule has 0 amide bonds. The molecule has 96 valence electrons. The minimum atomic E-state index is -0.861. The zero-order valence-corrected chi connectivity index (χ0v) is 10.7. The van der Waals surface area contributed by atoms with Gasteiger partial charge in [0.1, 0.15) is 5.78 Å². The molecule has 1 aliphatic rings. The van der Waals surface area contributed by atoms with Crippen LogP contribution in [0.4, 0.5) is 0 Å². The molecule has 1 fully saturated rings. The first-order valence-electron chi connectivity index (χ1n) is 6.31. The van der Waals surface area contributed by atoms with Crippen LogP contribution in [0.2, 0.25) is 0 Å². The van der Waals surface area contributed by atoms with Crippen LogP contribution in [-0.2, 0) is 9.59 Å². The smallest absolute Gasteiger partial charge is 0.307 e. The quantitative estimate of drug-likeness (QED) is 0.723. The number of aliphatic carboxylic acids is 1. The van der Waals surface area contributed by atoms with Gasteiger partial charge in [-0.15, -0.1) is 6.58 Å². The molecule has 2 unspecified atom stereocenters. The Hall–Kier alpha value is -1.12. The van der Waals surface area contributed by atoms with E-state index in [1.54, 1.807) is 0 Å². The molecule has 1 N–H and O–H groups in total. The van der Waals surface area contributed by atoms with Crippen LogP contribution >= 0.6 is 0 Å². The van der Waals surface area contributed by atoms with Crippen molar-refractivity contribution in [3.8, 4) is 0 Å². The monoisotopic (exact) mass is 238 g/mol. The summed E-state index contributed by atoms with van der Waals surface area (Å²) in [5, 5.41) is 9.31. The third-order valence-corrected chi connectivity index (χ3v) is 3.70. The SMILES string of the molecule is C=C(C)CC(C(=O)O)C(C(C)=O)C1CCCC1. The van der Waals surface area contributed by atoms with E-state index in [2.05, 4.69) is 6.58 Å². The van der Waals surface area contributed by atoms with E-state index < -0.39 is 11.9 Å². The number of carbonyl (C=O) groups excluding carboxylic acids is 1. The number of hydrogen-bond donors (Lipinski definition) is 1. The predicted octanol–water partition coefficient (Wildman–Crippen LogP) is 3.05. The highest BCUT2D eigenvalue weighted by atomic mass is 16.4. The van der Waals surface area contributed by atoms with Crippen molar-refractivity contribution in [2.75, 3.05) is 0 Å². The highest BCUT2D eigenvalue weighted by Crippen LogP contribution is 2.37. The third-order valence-electron chi connectivity index (χ3n) is 3.70. The molecule has 2 atom stereocenters. The molecule has 0 bridgehead atoms. The van der Waals surface area contributed by atoms with Gasteiger partial charge in [-0.2, -0.15) is 0 Å². The van der Waals surface area contributed by atoms with Crippen molar-refractivity contribution in [1.82, 2.24) is 0 Å². The molecular formula is C14H22O3. The van der Waals surface area contributed by atoms with E-state index >= 15 is 0 Å².